The van der Waals surface area contributed by atoms with Crippen LogP contribution in [0.3, 0.4) is 0 Å². The number of anilines is 6. The Hall–Kier alpha value is -8.72. The summed E-state index contributed by atoms with van der Waals surface area (Å²) < 4.78 is 0. The van der Waals surface area contributed by atoms with E-state index >= 15 is 0 Å². The van der Waals surface area contributed by atoms with Crippen molar-refractivity contribution in [1.82, 2.24) is 0 Å². The van der Waals surface area contributed by atoms with E-state index in [9.17, 15) is 0 Å². The number of fused-ring (bicyclic) bond motifs is 21. The molecule has 3 aliphatic carbocycles. The number of nitrogens with zero attached hydrogens (tertiary/aromatic N) is 2. The fourth-order valence-electron chi connectivity index (χ4n) is 15.3. The lowest BCUT2D eigenvalue weighted by molar-refractivity contribution is 0.591. The topological polar surface area (TPSA) is 6.48 Å². The minimum Gasteiger partial charge on any atom is -0.309 e. The Morgan fingerprint density at radius 2 is 0.714 bits per heavy atom. The summed E-state index contributed by atoms with van der Waals surface area (Å²) in [4.78, 5) is 5.32. The lowest BCUT2D eigenvalue weighted by Gasteiger charge is -2.39. The van der Waals surface area contributed by atoms with Crippen molar-refractivity contribution in [3.63, 3.8) is 0 Å². The van der Waals surface area contributed by atoms with E-state index in [1.54, 1.807) is 0 Å². The van der Waals surface area contributed by atoms with Gasteiger partial charge in [-0.3, -0.25) is 0 Å². The maximum Gasteiger partial charge on any atom is 0.0715 e. The van der Waals surface area contributed by atoms with Gasteiger partial charge >= 0.3 is 0 Å². The van der Waals surface area contributed by atoms with E-state index in [1.807, 2.05) is 0 Å². The van der Waals surface area contributed by atoms with Gasteiger partial charge in [0.15, 0.2) is 0 Å². The average Bonchev–Trinajstić information content (AvgIpc) is 4.25. The van der Waals surface area contributed by atoms with Crippen LogP contribution in [0.15, 0.2) is 224 Å². The van der Waals surface area contributed by atoms with Crippen LogP contribution in [-0.2, 0) is 21.7 Å². The second-order valence-electron chi connectivity index (χ2n) is 24.4. The van der Waals surface area contributed by atoms with Crippen molar-refractivity contribution in [2.24, 2.45) is 0 Å². The summed E-state index contributed by atoms with van der Waals surface area (Å²) in [5.41, 5.74) is 25.3. The predicted molar refractivity (Wildman–Crippen MR) is 324 cm³/mol. The molecule has 2 heteroatoms. The van der Waals surface area contributed by atoms with Gasteiger partial charge in [0.25, 0.3) is 0 Å². The molecule has 12 aromatic carbocycles. The van der Waals surface area contributed by atoms with Crippen molar-refractivity contribution < 1.29 is 0 Å². The Morgan fingerprint density at radius 1 is 0.325 bits per heavy atom. The molecule has 16 rings (SSSR count). The van der Waals surface area contributed by atoms with Crippen LogP contribution in [0.1, 0.15) is 98.5 Å². The lowest BCUT2D eigenvalue weighted by atomic mass is 9.67. The van der Waals surface area contributed by atoms with Crippen LogP contribution in [0.4, 0.5) is 34.1 Å². The molecule has 368 valence electrons. The van der Waals surface area contributed by atoms with E-state index in [1.165, 1.54) is 127 Å². The smallest absolute Gasteiger partial charge is 0.0715 e. The van der Waals surface area contributed by atoms with Crippen LogP contribution >= 0.6 is 0 Å². The van der Waals surface area contributed by atoms with E-state index < -0.39 is 5.41 Å². The highest BCUT2D eigenvalue weighted by molar-refractivity contribution is 6.29. The van der Waals surface area contributed by atoms with E-state index in [0.29, 0.717) is 0 Å². The molecule has 0 atom stereocenters. The molecule has 0 aromatic heterocycles. The summed E-state index contributed by atoms with van der Waals surface area (Å²) in [6.45, 7) is 16.7. The third kappa shape index (κ3) is 5.75. The third-order valence-corrected chi connectivity index (χ3v) is 18.6. The van der Waals surface area contributed by atoms with Gasteiger partial charge in [-0.2, -0.15) is 0 Å². The molecule has 1 heterocycles. The van der Waals surface area contributed by atoms with Crippen LogP contribution in [-0.4, -0.2) is 0 Å². The van der Waals surface area contributed by atoms with Crippen molar-refractivity contribution in [3.05, 3.63) is 275 Å². The first-order valence-electron chi connectivity index (χ1n) is 27.6. The Bertz CT molecular complexity index is 4250. The SMILES string of the molecule is CC(C)(C)c1cc2ccc3c4cc(c5ccc(c1)c2c35)N(c1cccc2c1C(C)(C)c1ccccc1-2)c1cccc(c1)C1(c2cccc(c2)N4c2cccc3c2C(C)(C)c2ccccc2-3)c2ccccc2-c2ccccc21. The van der Waals surface area contributed by atoms with Crippen molar-refractivity contribution in [3.8, 4) is 33.4 Å². The molecule has 0 fully saturated rings. The summed E-state index contributed by atoms with van der Waals surface area (Å²) in [5, 5.41) is 7.58. The molecule has 4 aliphatic rings. The molecule has 12 aromatic rings. The van der Waals surface area contributed by atoms with Gasteiger partial charge in [-0.05, 0) is 147 Å². The molecule has 0 unspecified atom stereocenters. The summed E-state index contributed by atoms with van der Waals surface area (Å²) in [6, 6.07) is 87.1. The zero-order valence-electron chi connectivity index (χ0n) is 44.8. The van der Waals surface area contributed by atoms with Crippen molar-refractivity contribution >= 4 is 66.4 Å². The Kier molecular flexibility index (Phi) is 8.82. The summed E-state index contributed by atoms with van der Waals surface area (Å²) in [5.74, 6) is 0. The molecular weight excluding hydrogens is 929 g/mol. The third-order valence-electron chi connectivity index (χ3n) is 18.6. The van der Waals surface area contributed by atoms with Gasteiger partial charge in [0, 0.05) is 38.4 Å². The predicted octanol–water partition coefficient (Wildman–Crippen LogP) is 20.1. The quantitative estimate of drug-likeness (QED) is 0.159. The summed E-state index contributed by atoms with van der Waals surface area (Å²) >= 11 is 0. The molecule has 2 nitrogen and oxygen atoms in total. The van der Waals surface area contributed by atoms with E-state index in [4.69, 9.17) is 0 Å². The number of hydrogen-bond donors (Lipinski definition) is 0. The molecule has 77 heavy (non-hydrogen) atoms. The number of hydrogen-bond acceptors (Lipinski definition) is 2. The Balaban J connectivity index is 1.12. The Morgan fingerprint density at radius 3 is 1.16 bits per heavy atom. The van der Waals surface area contributed by atoms with E-state index in [0.717, 1.165) is 22.7 Å². The number of rotatable bonds is 2. The van der Waals surface area contributed by atoms with Crippen LogP contribution in [0.5, 0.6) is 0 Å². The van der Waals surface area contributed by atoms with Crippen LogP contribution < -0.4 is 9.80 Å². The average molecular weight is 987 g/mol. The van der Waals surface area contributed by atoms with Gasteiger partial charge in [-0.15, -0.1) is 0 Å². The van der Waals surface area contributed by atoms with Crippen molar-refractivity contribution in [1.29, 1.82) is 0 Å². The van der Waals surface area contributed by atoms with Crippen LogP contribution in [0, 0.1) is 0 Å². The van der Waals surface area contributed by atoms with Gasteiger partial charge < -0.3 is 9.80 Å². The highest BCUT2D eigenvalue weighted by Gasteiger charge is 2.48. The first-order valence-corrected chi connectivity index (χ1v) is 27.6. The maximum absolute atomic E-state index is 2.66. The molecule has 0 saturated heterocycles. The minimum atomic E-state index is -0.655. The largest absolute Gasteiger partial charge is 0.309 e. The lowest BCUT2D eigenvalue weighted by Crippen LogP contribution is -2.30. The Labute approximate surface area is 451 Å². The van der Waals surface area contributed by atoms with E-state index in [-0.39, 0.29) is 16.2 Å². The fourth-order valence-corrected chi connectivity index (χ4v) is 15.3. The molecular formula is C75H58N2. The molecule has 0 saturated carbocycles. The first kappa shape index (κ1) is 44.6. The first-order chi connectivity index (χ1) is 37.3. The molecule has 0 N–H and O–H groups in total. The van der Waals surface area contributed by atoms with Gasteiger partial charge in [-0.25, -0.2) is 0 Å². The highest BCUT2D eigenvalue weighted by Crippen LogP contribution is 2.62. The van der Waals surface area contributed by atoms with Gasteiger partial charge in [0.1, 0.15) is 0 Å². The molecule has 1 aliphatic heterocycles. The minimum absolute atomic E-state index is 0.0218. The molecule has 0 radical (unpaired) electrons. The van der Waals surface area contributed by atoms with E-state index in [2.05, 4.69) is 283 Å². The van der Waals surface area contributed by atoms with Crippen LogP contribution in [0.25, 0.3) is 65.7 Å². The van der Waals surface area contributed by atoms with Gasteiger partial charge in [0.05, 0.1) is 28.2 Å². The molecule has 0 amide bonds. The van der Waals surface area contributed by atoms with Crippen LogP contribution in [0.2, 0.25) is 0 Å². The highest BCUT2D eigenvalue weighted by atomic mass is 15.2. The second-order valence-corrected chi connectivity index (χ2v) is 24.4. The van der Waals surface area contributed by atoms with Gasteiger partial charge in [0.2, 0.25) is 0 Å². The standard InChI is InChI=1S/C75H58N2/c1-72(2,3)49-40-45-36-38-58-66-44-67(59-39-37-46(41-49)68(45)69(58)59)77(65-35-19-29-57-55-27-9-13-31-61(55)74(6,7)71(57)65)51-23-17-21-48(43-51)75(62-32-14-10-24-52(62)53-25-11-15-33-63(53)75)47-20-16-22-50(42-47)76(66)64-34-18-28-56-54-26-8-12-30-60(54)73(4,5)70(56)64/h8-44H,1-7H3. The number of benzene rings is 12. The van der Waals surface area contributed by atoms with Gasteiger partial charge in [-0.1, -0.05) is 230 Å². The maximum atomic E-state index is 2.66. The second kappa shape index (κ2) is 15.2. The monoisotopic (exact) mass is 986 g/mol. The van der Waals surface area contributed by atoms with Crippen molar-refractivity contribution in [2.75, 3.05) is 9.80 Å². The summed E-state index contributed by atoms with van der Waals surface area (Å²) in [6.07, 6.45) is 0. The zero-order valence-corrected chi connectivity index (χ0v) is 44.8. The van der Waals surface area contributed by atoms with Crippen molar-refractivity contribution in [2.45, 2.75) is 70.1 Å². The molecule has 1 spiro atoms. The zero-order chi connectivity index (χ0) is 51.9. The summed E-state index contributed by atoms with van der Waals surface area (Å²) in [7, 11) is 0. The molecule has 6 bridgehead atoms. The fraction of sp³-hybridized carbons (Fsp3) is 0.147. The normalized spacial score (nSPS) is 15.7.